The zero-order valence-corrected chi connectivity index (χ0v) is 10.1. The Kier molecular flexibility index (Phi) is 5.18. The normalized spacial score (nSPS) is 25.9. The van der Waals surface area contributed by atoms with Crippen molar-refractivity contribution in [2.45, 2.75) is 25.9 Å². The van der Waals surface area contributed by atoms with Gasteiger partial charge in [-0.25, -0.2) is 4.79 Å². The third-order valence-electron chi connectivity index (χ3n) is 2.61. The van der Waals surface area contributed by atoms with Crippen molar-refractivity contribution in [2.75, 3.05) is 39.5 Å². The highest BCUT2D eigenvalue weighted by molar-refractivity contribution is 5.70. The highest BCUT2D eigenvalue weighted by Crippen LogP contribution is 2.19. The molecule has 0 saturated carbocycles. The number of nitrogens with zero attached hydrogens (tertiary/aromatic N) is 1. The van der Waals surface area contributed by atoms with Gasteiger partial charge in [-0.2, -0.15) is 0 Å². The largest absolute Gasteiger partial charge is 0.464 e. The number of likely N-dealkylation sites (tertiary alicyclic amines) is 1. The van der Waals surface area contributed by atoms with Gasteiger partial charge in [0.05, 0.1) is 18.8 Å². The third-order valence-corrected chi connectivity index (χ3v) is 2.61. The summed E-state index contributed by atoms with van der Waals surface area (Å²) in [5, 5.41) is 9.72. The van der Waals surface area contributed by atoms with Gasteiger partial charge in [-0.15, -0.1) is 0 Å². The van der Waals surface area contributed by atoms with E-state index in [0.29, 0.717) is 19.8 Å². The fourth-order valence-corrected chi connectivity index (χ4v) is 1.78. The summed E-state index contributed by atoms with van der Waals surface area (Å²) in [4.78, 5) is 13.1. The molecule has 1 N–H and O–H groups in total. The Morgan fingerprint density at radius 3 is 2.88 bits per heavy atom. The molecule has 0 radical (unpaired) electrons. The second kappa shape index (κ2) is 6.18. The van der Waals surface area contributed by atoms with Crippen molar-refractivity contribution in [1.82, 2.24) is 4.90 Å². The number of hydrogen-bond acceptors (Lipinski definition) is 5. The Balaban J connectivity index is 2.02. The van der Waals surface area contributed by atoms with E-state index >= 15 is 0 Å². The van der Waals surface area contributed by atoms with E-state index in [-0.39, 0.29) is 12.6 Å². The average Bonchev–Trinajstić information content (AvgIpc) is 2.54. The van der Waals surface area contributed by atoms with E-state index in [1.165, 1.54) is 0 Å². The van der Waals surface area contributed by atoms with Crippen molar-refractivity contribution in [3.05, 3.63) is 0 Å². The molecule has 0 amide bonds. The van der Waals surface area contributed by atoms with Crippen molar-refractivity contribution >= 4 is 5.97 Å². The Morgan fingerprint density at radius 2 is 2.31 bits per heavy atom. The molecule has 94 valence electrons. The van der Waals surface area contributed by atoms with Gasteiger partial charge in [0.15, 0.2) is 0 Å². The summed E-state index contributed by atoms with van der Waals surface area (Å²) in [5.74, 6) is -0.323. The number of esters is 1. The van der Waals surface area contributed by atoms with E-state index in [1.807, 2.05) is 6.92 Å². The predicted octanol–water partition coefficient (Wildman–Crippen LogP) is 0.0228. The smallest absolute Gasteiger partial charge is 0.332 e. The molecule has 0 aromatic heterocycles. The zero-order valence-electron chi connectivity index (χ0n) is 10.1. The molecular formula is C11H21NO4. The van der Waals surface area contributed by atoms with Crippen molar-refractivity contribution in [1.29, 1.82) is 0 Å². The molecule has 1 rings (SSSR count). The number of rotatable bonds is 6. The quantitative estimate of drug-likeness (QED) is 0.516. The van der Waals surface area contributed by atoms with Gasteiger partial charge < -0.3 is 14.6 Å². The van der Waals surface area contributed by atoms with E-state index in [4.69, 9.17) is 9.47 Å². The summed E-state index contributed by atoms with van der Waals surface area (Å²) < 4.78 is 9.91. The van der Waals surface area contributed by atoms with Crippen molar-refractivity contribution in [2.24, 2.45) is 0 Å². The van der Waals surface area contributed by atoms with Gasteiger partial charge in [-0.3, -0.25) is 4.90 Å². The molecular weight excluding hydrogens is 210 g/mol. The van der Waals surface area contributed by atoms with Crippen molar-refractivity contribution in [3.8, 4) is 0 Å². The molecule has 0 aromatic rings. The Hall–Kier alpha value is -0.650. The minimum absolute atomic E-state index is 0.0120. The fourth-order valence-electron chi connectivity index (χ4n) is 1.78. The molecule has 1 fully saturated rings. The lowest BCUT2D eigenvalue weighted by Crippen LogP contribution is -2.32. The predicted molar refractivity (Wildman–Crippen MR) is 59.1 cm³/mol. The molecule has 1 aliphatic rings. The first-order chi connectivity index (χ1) is 7.53. The maximum absolute atomic E-state index is 10.9. The number of ether oxygens (including phenoxy) is 2. The Morgan fingerprint density at radius 1 is 1.56 bits per heavy atom. The summed E-state index contributed by atoms with van der Waals surface area (Å²) in [6.45, 7) is 6.81. The lowest BCUT2D eigenvalue weighted by atomic mass is 10.1. The molecule has 5 heteroatoms. The Labute approximate surface area is 96.3 Å². The molecule has 16 heavy (non-hydrogen) atoms. The van der Waals surface area contributed by atoms with E-state index in [2.05, 4.69) is 4.90 Å². The SMILES string of the molecule is CCOC(=O)COCCN1CCC(C)(O)C1. The van der Waals surface area contributed by atoms with Gasteiger partial charge in [0, 0.05) is 19.6 Å². The second-order valence-corrected chi connectivity index (χ2v) is 4.38. The molecule has 1 aliphatic heterocycles. The molecule has 1 heterocycles. The summed E-state index contributed by atoms with van der Waals surface area (Å²) in [5.41, 5.74) is -0.568. The first-order valence-corrected chi connectivity index (χ1v) is 5.71. The maximum atomic E-state index is 10.9. The van der Waals surface area contributed by atoms with E-state index in [9.17, 15) is 9.90 Å². The molecule has 1 saturated heterocycles. The standard InChI is InChI=1S/C11H21NO4/c1-3-16-10(13)8-15-7-6-12-5-4-11(2,14)9-12/h14H,3-9H2,1-2H3. The van der Waals surface area contributed by atoms with Gasteiger partial charge in [0.25, 0.3) is 0 Å². The summed E-state index contributed by atoms with van der Waals surface area (Å²) in [6, 6.07) is 0. The lowest BCUT2D eigenvalue weighted by molar-refractivity contribution is -0.148. The summed E-state index contributed by atoms with van der Waals surface area (Å²) in [6.07, 6.45) is 0.797. The van der Waals surface area contributed by atoms with Crippen LogP contribution in [0.5, 0.6) is 0 Å². The van der Waals surface area contributed by atoms with Crippen LogP contribution in [-0.2, 0) is 14.3 Å². The minimum atomic E-state index is -0.568. The number of aliphatic hydroxyl groups is 1. The number of carbonyl (C=O) groups excluding carboxylic acids is 1. The lowest BCUT2D eigenvalue weighted by Gasteiger charge is -2.18. The monoisotopic (exact) mass is 231 g/mol. The first kappa shape index (κ1) is 13.4. The van der Waals surface area contributed by atoms with Crippen LogP contribution in [0.2, 0.25) is 0 Å². The van der Waals surface area contributed by atoms with Crippen LogP contribution in [-0.4, -0.2) is 61.0 Å². The van der Waals surface area contributed by atoms with Crippen LogP contribution in [0.3, 0.4) is 0 Å². The highest BCUT2D eigenvalue weighted by atomic mass is 16.6. The number of hydrogen-bond donors (Lipinski definition) is 1. The second-order valence-electron chi connectivity index (χ2n) is 4.38. The van der Waals surface area contributed by atoms with E-state index in [0.717, 1.165) is 19.5 Å². The van der Waals surface area contributed by atoms with Crippen LogP contribution in [0, 0.1) is 0 Å². The van der Waals surface area contributed by atoms with E-state index in [1.54, 1.807) is 6.92 Å². The van der Waals surface area contributed by atoms with Crippen molar-refractivity contribution < 1.29 is 19.4 Å². The summed E-state index contributed by atoms with van der Waals surface area (Å²) >= 11 is 0. The van der Waals surface area contributed by atoms with Gasteiger partial charge in [-0.05, 0) is 20.3 Å². The highest BCUT2D eigenvalue weighted by Gasteiger charge is 2.30. The topological polar surface area (TPSA) is 59.0 Å². The number of β-amino-alcohol motifs (C(OH)–C–C–N with tert-alkyl or cyclic N) is 1. The van der Waals surface area contributed by atoms with Gasteiger partial charge >= 0.3 is 5.97 Å². The summed E-state index contributed by atoms with van der Waals surface area (Å²) in [7, 11) is 0. The van der Waals surface area contributed by atoms with Gasteiger partial charge in [0.2, 0.25) is 0 Å². The molecule has 1 unspecified atom stereocenters. The molecule has 5 nitrogen and oxygen atoms in total. The minimum Gasteiger partial charge on any atom is -0.464 e. The van der Waals surface area contributed by atoms with Gasteiger partial charge in [-0.1, -0.05) is 0 Å². The van der Waals surface area contributed by atoms with Crippen LogP contribution in [0.25, 0.3) is 0 Å². The van der Waals surface area contributed by atoms with Gasteiger partial charge in [0.1, 0.15) is 6.61 Å². The number of carbonyl (C=O) groups is 1. The van der Waals surface area contributed by atoms with Crippen LogP contribution in [0.4, 0.5) is 0 Å². The zero-order chi connectivity index (χ0) is 12.0. The fraction of sp³-hybridized carbons (Fsp3) is 0.909. The molecule has 0 aromatic carbocycles. The van der Waals surface area contributed by atoms with Crippen LogP contribution >= 0.6 is 0 Å². The van der Waals surface area contributed by atoms with Crippen molar-refractivity contribution in [3.63, 3.8) is 0 Å². The maximum Gasteiger partial charge on any atom is 0.332 e. The van der Waals surface area contributed by atoms with Crippen LogP contribution in [0.1, 0.15) is 20.3 Å². The molecule has 0 spiro atoms. The molecule has 0 aliphatic carbocycles. The molecule has 0 bridgehead atoms. The van der Waals surface area contributed by atoms with E-state index < -0.39 is 5.60 Å². The first-order valence-electron chi connectivity index (χ1n) is 5.71. The average molecular weight is 231 g/mol. The third kappa shape index (κ3) is 4.92. The van der Waals surface area contributed by atoms with Crippen LogP contribution < -0.4 is 0 Å². The molecule has 1 atom stereocenters. The Bertz CT molecular complexity index is 230. The van der Waals surface area contributed by atoms with Crippen LogP contribution in [0.15, 0.2) is 0 Å².